The van der Waals surface area contributed by atoms with Crippen LogP contribution in [0.3, 0.4) is 0 Å². The summed E-state index contributed by atoms with van der Waals surface area (Å²) in [5, 5.41) is 2.73. The van der Waals surface area contributed by atoms with E-state index in [4.69, 9.17) is 15.2 Å². The van der Waals surface area contributed by atoms with Crippen LogP contribution in [0.4, 0.5) is 5.69 Å². The van der Waals surface area contributed by atoms with Gasteiger partial charge in [0.15, 0.2) is 0 Å². The molecular weight excluding hydrogens is 244 g/mol. The number of nitrogens with two attached hydrogens (primary N) is 1. The number of carbonyl (C=O) groups is 1. The molecule has 0 saturated carbocycles. The summed E-state index contributed by atoms with van der Waals surface area (Å²) in [4.78, 5) is 11.7. The average Bonchev–Trinajstić information content (AvgIpc) is 2.90. The van der Waals surface area contributed by atoms with Crippen LogP contribution >= 0.6 is 0 Å². The first-order chi connectivity index (χ1) is 9.20. The molecule has 0 aliphatic carbocycles. The number of hydrogen-bond donors (Lipinski definition) is 2. The van der Waals surface area contributed by atoms with Gasteiger partial charge in [-0.3, -0.25) is 4.79 Å². The predicted octanol–water partition coefficient (Wildman–Crippen LogP) is 1.43. The molecule has 1 amide bonds. The first kappa shape index (κ1) is 13.7. The highest BCUT2D eigenvalue weighted by Gasteiger charge is 2.17. The molecule has 0 spiro atoms. The van der Waals surface area contributed by atoms with Crippen molar-refractivity contribution in [3.05, 3.63) is 23.8 Å². The molecule has 5 heteroatoms. The zero-order chi connectivity index (χ0) is 13.7. The lowest BCUT2D eigenvalue weighted by atomic mass is 10.1. The summed E-state index contributed by atoms with van der Waals surface area (Å²) in [6.45, 7) is 4.63. The Morgan fingerprint density at radius 2 is 2.42 bits per heavy atom. The van der Waals surface area contributed by atoms with Crippen LogP contribution in [0, 0.1) is 5.92 Å². The van der Waals surface area contributed by atoms with E-state index in [1.54, 1.807) is 18.2 Å². The van der Waals surface area contributed by atoms with Gasteiger partial charge in [-0.1, -0.05) is 0 Å². The van der Waals surface area contributed by atoms with Gasteiger partial charge in [-0.15, -0.1) is 0 Å². The second kappa shape index (κ2) is 6.43. The Morgan fingerprint density at radius 3 is 3.05 bits per heavy atom. The fraction of sp³-hybridized carbons (Fsp3) is 0.500. The Bertz CT molecular complexity index is 442. The molecule has 19 heavy (non-hydrogen) atoms. The molecule has 1 fully saturated rings. The highest BCUT2D eigenvalue weighted by atomic mass is 16.5. The number of benzene rings is 1. The maximum absolute atomic E-state index is 11.7. The molecule has 1 heterocycles. The van der Waals surface area contributed by atoms with Crippen LogP contribution in [0.5, 0.6) is 5.75 Å². The van der Waals surface area contributed by atoms with Crippen molar-refractivity contribution in [3.8, 4) is 5.75 Å². The summed E-state index contributed by atoms with van der Waals surface area (Å²) >= 11 is 0. The number of carbonyl (C=O) groups excluding carboxylic acids is 1. The molecule has 5 nitrogen and oxygen atoms in total. The predicted molar refractivity (Wildman–Crippen MR) is 73.3 cm³/mol. The van der Waals surface area contributed by atoms with E-state index in [9.17, 15) is 4.79 Å². The largest absolute Gasteiger partial charge is 0.491 e. The van der Waals surface area contributed by atoms with E-state index in [1.165, 1.54) is 0 Å². The van der Waals surface area contributed by atoms with Crippen molar-refractivity contribution >= 4 is 11.6 Å². The highest BCUT2D eigenvalue weighted by molar-refractivity contribution is 5.95. The maximum atomic E-state index is 11.7. The lowest BCUT2D eigenvalue weighted by molar-refractivity contribution is 0.0956. The summed E-state index contributed by atoms with van der Waals surface area (Å²) in [5.74, 6) is 0.937. The van der Waals surface area contributed by atoms with Crippen LogP contribution in [0.15, 0.2) is 18.2 Å². The number of amides is 1. The van der Waals surface area contributed by atoms with Gasteiger partial charge < -0.3 is 20.5 Å². The molecular formula is C14H20N2O3. The molecule has 1 saturated heterocycles. The topological polar surface area (TPSA) is 73.6 Å². The van der Waals surface area contributed by atoms with Crippen LogP contribution in [0.1, 0.15) is 23.7 Å². The molecule has 1 aromatic carbocycles. The third kappa shape index (κ3) is 3.61. The molecule has 1 aliphatic heterocycles. The molecule has 1 atom stereocenters. The van der Waals surface area contributed by atoms with Gasteiger partial charge in [0.2, 0.25) is 0 Å². The van der Waals surface area contributed by atoms with E-state index in [2.05, 4.69) is 5.32 Å². The lowest BCUT2D eigenvalue weighted by Crippen LogP contribution is -2.22. The van der Waals surface area contributed by atoms with Gasteiger partial charge in [0.05, 0.1) is 18.9 Å². The summed E-state index contributed by atoms with van der Waals surface area (Å²) in [6, 6.07) is 5.11. The minimum Gasteiger partial charge on any atom is -0.491 e. The number of nitrogens with one attached hydrogen (secondary N) is 1. The molecule has 1 aliphatic rings. The monoisotopic (exact) mass is 264 g/mol. The Labute approximate surface area is 113 Å². The quantitative estimate of drug-likeness (QED) is 0.789. The number of anilines is 1. The fourth-order valence-electron chi connectivity index (χ4n) is 2.01. The van der Waals surface area contributed by atoms with E-state index in [1.807, 2.05) is 6.92 Å². The molecule has 1 aromatic rings. The second-order valence-corrected chi connectivity index (χ2v) is 4.65. The lowest BCUT2D eigenvalue weighted by Gasteiger charge is -2.13. The average molecular weight is 264 g/mol. The molecule has 3 N–H and O–H groups in total. The van der Waals surface area contributed by atoms with Gasteiger partial charge in [-0.25, -0.2) is 0 Å². The van der Waals surface area contributed by atoms with E-state index >= 15 is 0 Å². The summed E-state index contributed by atoms with van der Waals surface area (Å²) < 4.78 is 11.0. The van der Waals surface area contributed by atoms with Crippen molar-refractivity contribution in [1.29, 1.82) is 0 Å². The zero-order valence-electron chi connectivity index (χ0n) is 11.1. The third-order valence-electron chi connectivity index (χ3n) is 3.11. The van der Waals surface area contributed by atoms with Gasteiger partial charge in [0, 0.05) is 24.6 Å². The van der Waals surface area contributed by atoms with Crippen molar-refractivity contribution < 1.29 is 14.3 Å². The van der Waals surface area contributed by atoms with Crippen molar-refractivity contribution in [3.63, 3.8) is 0 Å². The molecule has 1 unspecified atom stereocenters. The molecule has 104 valence electrons. The van der Waals surface area contributed by atoms with Crippen LogP contribution in [-0.2, 0) is 4.74 Å². The van der Waals surface area contributed by atoms with Gasteiger partial charge >= 0.3 is 0 Å². The zero-order valence-corrected chi connectivity index (χ0v) is 11.1. The van der Waals surface area contributed by atoms with Crippen molar-refractivity contribution in [2.75, 3.05) is 32.1 Å². The summed E-state index contributed by atoms with van der Waals surface area (Å²) in [5.41, 5.74) is 6.94. The Morgan fingerprint density at radius 1 is 1.58 bits per heavy atom. The summed E-state index contributed by atoms with van der Waals surface area (Å²) in [6.07, 6.45) is 1.02. The second-order valence-electron chi connectivity index (χ2n) is 4.65. The number of nitrogen functional groups attached to an aromatic ring is 1. The maximum Gasteiger partial charge on any atom is 0.251 e. The standard InChI is InChI=1S/C14H20N2O3/c1-2-16-14(17)11-3-4-13(12(15)7-11)19-9-10-5-6-18-8-10/h3-4,7,10H,2,5-6,8-9,15H2,1H3,(H,16,17). The first-order valence-corrected chi connectivity index (χ1v) is 6.59. The van der Waals surface area contributed by atoms with Crippen molar-refractivity contribution in [2.45, 2.75) is 13.3 Å². The van der Waals surface area contributed by atoms with E-state index in [0.29, 0.717) is 36.1 Å². The van der Waals surface area contributed by atoms with Crippen LogP contribution < -0.4 is 15.8 Å². The van der Waals surface area contributed by atoms with Gasteiger partial charge in [0.1, 0.15) is 5.75 Å². The fourth-order valence-corrected chi connectivity index (χ4v) is 2.01. The van der Waals surface area contributed by atoms with Crippen LogP contribution in [0.25, 0.3) is 0 Å². The Balaban J connectivity index is 1.96. The first-order valence-electron chi connectivity index (χ1n) is 6.59. The van der Waals surface area contributed by atoms with Crippen LogP contribution in [-0.4, -0.2) is 32.3 Å². The van der Waals surface area contributed by atoms with Crippen molar-refractivity contribution in [2.24, 2.45) is 5.92 Å². The Kier molecular flexibility index (Phi) is 4.63. The highest BCUT2D eigenvalue weighted by Crippen LogP contribution is 2.24. The van der Waals surface area contributed by atoms with E-state index < -0.39 is 0 Å². The normalized spacial score (nSPS) is 18.3. The van der Waals surface area contributed by atoms with Gasteiger partial charge in [-0.05, 0) is 31.5 Å². The number of rotatable bonds is 5. The molecule has 0 aromatic heterocycles. The third-order valence-corrected chi connectivity index (χ3v) is 3.11. The van der Waals surface area contributed by atoms with E-state index in [0.717, 1.165) is 19.6 Å². The summed E-state index contributed by atoms with van der Waals surface area (Å²) in [7, 11) is 0. The number of ether oxygens (including phenoxy) is 2. The van der Waals surface area contributed by atoms with Crippen molar-refractivity contribution in [1.82, 2.24) is 5.32 Å². The van der Waals surface area contributed by atoms with Gasteiger partial charge in [0.25, 0.3) is 5.91 Å². The minimum absolute atomic E-state index is 0.120. The van der Waals surface area contributed by atoms with Gasteiger partial charge in [-0.2, -0.15) is 0 Å². The minimum atomic E-state index is -0.120. The SMILES string of the molecule is CCNC(=O)c1ccc(OCC2CCOC2)c(N)c1. The van der Waals surface area contributed by atoms with Crippen LogP contribution in [0.2, 0.25) is 0 Å². The molecule has 0 bridgehead atoms. The Hall–Kier alpha value is -1.75. The smallest absolute Gasteiger partial charge is 0.251 e. The molecule has 2 rings (SSSR count). The molecule has 0 radical (unpaired) electrons. The number of hydrogen-bond acceptors (Lipinski definition) is 4. The van der Waals surface area contributed by atoms with E-state index in [-0.39, 0.29) is 5.91 Å².